The van der Waals surface area contributed by atoms with Gasteiger partial charge in [-0.05, 0) is 12.1 Å². The summed E-state index contributed by atoms with van der Waals surface area (Å²) in [6, 6.07) is 6.69. The maximum absolute atomic E-state index is 11.4. The molecule has 136 valence electrons. The lowest BCUT2D eigenvalue weighted by atomic mass is 10.1. The third-order valence-corrected chi connectivity index (χ3v) is 3.74. The maximum Gasteiger partial charge on any atom is 0.248 e. The van der Waals surface area contributed by atoms with Gasteiger partial charge in [-0.1, -0.05) is 12.1 Å². The summed E-state index contributed by atoms with van der Waals surface area (Å²) in [5.41, 5.74) is 11.5. The number of aromatic nitrogens is 3. The highest BCUT2D eigenvalue weighted by Gasteiger charge is 2.18. The maximum atomic E-state index is 11.4. The van der Waals surface area contributed by atoms with Gasteiger partial charge in [-0.25, -0.2) is 0 Å². The minimum absolute atomic E-state index is 0.104. The van der Waals surface area contributed by atoms with Gasteiger partial charge in [-0.2, -0.15) is 15.0 Å². The molecule has 1 saturated heterocycles. The molecular weight excluding hydrogens is 338 g/mol. The number of primary amides is 2. The fraction of sp³-hybridized carbons (Fsp3) is 0.312. The zero-order valence-electron chi connectivity index (χ0n) is 14.0. The Balaban J connectivity index is 1.99. The van der Waals surface area contributed by atoms with Gasteiger partial charge in [0.1, 0.15) is 0 Å². The first-order valence-electron chi connectivity index (χ1n) is 8.04. The highest BCUT2D eigenvalue weighted by molar-refractivity contribution is 5.93. The summed E-state index contributed by atoms with van der Waals surface area (Å²) in [6.07, 6.45) is 0. The van der Waals surface area contributed by atoms with Crippen LogP contribution in [0.1, 0.15) is 10.4 Å². The van der Waals surface area contributed by atoms with E-state index in [0.29, 0.717) is 49.2 Å². The van der Waals surface area contributed by atoms with Gasteiger partial charge in [-0.3, -0.25) is 9.59 Å². The van der Waals surface area contributed by atoms with Crippen molar-refractivity contribution in [1.29, 1.82) is 0 Å². The SMILES string of the molecule is NC(=O)CNc1nc(-c2cccc(C(N)=O)c2)nc(N2CCOCC2)n1. The van der Waals surface area contributed by atoms with Crippen molar-refractivity contribution in [2.45, 2.75) is 0 Å². The first-order chi connectivity index (χ1) is 12.5. The molecular formula is C16H19N7O3. The van der Waals surface area contributed by atoms with Crippen LogP contribution in [0.5, 0.6) is 0 Å². The standard InChI is InChI=1S/C16H19N7O3/c17-12(24)9-19-15-20-14(11-3-1-2-10(8-11)13(18)25)21-16(22-15)23-4-6-26-7-5-23/h1-3,8H,4-7,9H2,(H2,17,24)(H2,18,25)(H,19,20,21,22). The summed E-state index contributed by atoms with van der Waals surface area (Å²) in [7, 11) is 0. The van der Waals surface area contributed by atoms with Crippen molar-refractivity contribution < 1.29 is 14.3 Å². The number of rotatable bonds is 6. The lowest BCUT2D eigenvalue weighted by Crippen LogP contribution is -2.37. The van der Waals surface area contributed by atoms with Gasteiger partial charge in [0.25, 0.3) is 0 Å². The Morgan fingerprint density at radius 1 is 1.15 bits per heavy atom. The van der Waals surface area contributed by atoms with Crippen LogP contribution < -0.4 is 21.7 Å². The third-order valence-electron chi connectivity index (χ3n) is 3.74. The van der Waals surface area contributed by atoms with Crippen LogP contribution in [-0.2, 0) is 9.53 Å². The number of carbonyl (C=O) groups excluding carboxylic acids is 2. The van der Waals surface area contributed by atoms with Crippen LogP contribution in [0.15, 0.2) is 24.3 Å². The minimum atomic E-state index is -0.540. The molecule has 0 atom stereocenters. The number of morpholine rings is 1. The van der Waals surface area contributed by atoms with Crippen LogP contribution in [0.3, 0.4) is 0 Å². The van der Waals surface area contributed by atoms with Crippen LogP contribution in [-0.4, -0.2) is 59.6 Å². The molecule has 0 bridgehead atoms. The van der Waals surface area contributed by atoms with E-state index in [1.54, 1.807) is 24.3 Å². The van der Waals surface area contributed by atoms with E-state index >= 15 is 0 Å². The lowest BCUT2D eigenvalue weighted by Gasteiger charge is -2.27. The molecule has 10 heteroatoms. The van der Waals surface area contributed by atoms with Crippen LogP contribution in [0.25, 0.3) is 11.4 Å². The highest BCUT2D eigenvalue weighted by atomic mass is 16.5. The monoisotopic (exact) mass is 357 g/mol. The van der Waals surface area contributed by atoms with Crippen molar-refractivity contribution in [3.05, 3.63) is 29.8 Å². The van der Waals surface area contributed by atoms with Crippen LogP contribution >= 0.6 is 0 Å². The van der Waals surface area contributed by atoms with E-state index in [1.807, 2.05) is 4.90 Å². The van der Waals surface area contributed by atoms with Gasteiger partial charge >= 0.3 is 0 Å². The van der Waals surface area contributed by atoms with E-state index in [9.17, 15) is 9.59 Å². The molecule has 1 aliphatic heterocycles. The predicted molar refractivity (Wildman–Crippen MR) is 94.5 cm³/mol. The van der Waals surface area contributed by atoms with E-state index < -0.39 is 11.8 Å². The zero-order chi connectivity index (χ0) is 18.5. The minimum Gasteiger partial charge on any atom is -0.378 e. The summed E-state index contributed by atoms with van der Waals surface area (Å²) in [5, 5.41) is 2.78. The predicted octanol–water partition coefficient (Wildman–Crippen LogP) is -0.629. The van der Waals surface area contributed by atoms with E-state index in [-0.39, 0.29) is 12.5 Å². The molecule has 1 aromatic heterocycles. The zero-order valence-corrected chi connectivity index (χ0v) is 14.0. The molecule has 0 saturated carbocycles. The normalized spacial score (nSPS) is 14.1. The molecule has 2 aromatic rings. The second-order valence-corrected chi connectivity index (χ2v) is 5.65. The Kier molecular flexibility index (Phi) is 5.23. The number of amides is 2. The van der Waals surface area contributed by atoms with Gasteiger partial charge in [0.2, 0.25) is 23.7 Å². The average Bonchev–Trinajstić information content (AvgIpc) is 2.67. The summed E-state index contributed by atoms with van der Waals surface area (Å²) in [4.78, 5) is 37.6. The molecule has 3 rings (SSSR count). The molecule has 1 aromatic carbocycles. The molecule has 2 amide bonds. The summed E-state index contributed by atoms with van der Waals surface area (Å²) < 4.78 is 5.35. The Morgan fingerprint density at radius 3 is 2.62 bits per heavy atom. The Morgan fingerprint density at radius 2 is 1.92 bits per heavy atom. The van der Waals surface area contributed by atoms with Crippen LogP contribution in [0.4, 0.5) is 11.9 Å². The second-order valence-electron chi connectivity index (χ2n) is 5.65. The lowest BCUT2D eigenvalue weighted by molar-refractivity contribution is -0.116. The fourth-order valence-corrected chi connectivity index (χ4v) is 2.46. The largest absolute Gasteiger partial charge is 0.378 e. The molecule has 0 spiro atoms. The Labute approximate surface area is 149 Å². The van der Waals surface area contributed by atoms with Gasteiger partial charge in [0.05, 0.1) is 19.8 Å². The second kappa shape index (κ2) is 7.74. The number of nitrogens with zero attached hydrogens (tertiary/aromatic N) is 4. The third kappa shape index (κ3) is 4.22. The van der Waals surface area contributed by atoms with E-state index in [2.05, 4.69) is 20.3 Å². The first kappa shape index (κ1) is 17.5. The number of nitrogens with one attached hydrogen (secondary N) is 1. The number of nitrogens with two attached hydrogens (primary N) is 2. The van der Waals surface area contributed by atoms with Crippen molar-refractivity contribution in [3.63, 3.8) is 0 Å². The van der Waals surface area contributed by atoms with Crippen LogP contribution in [0.2, 0.25) is 0 Å². The van der Waals surface area contributed by atoms with E-state index in [1.165, 1.54) is 0 Å². The van der Waals surface area contributed by atoms with Gasteiger partial charge in [0.15, 0.2) is 5.82 Å². The summed E-state index contributed by atoms with van der Waals surface area (Å²) in [6.45, 7) is 2.32. The van der Waals surface area contributed by atoms with Gasteiger partial charge in [-0.15, -0.1) is 0 Å². The molecule has 2 heterocycles. The molecule has 5 N–H and O–H groups in total. The van der Waals surface area contributed by atoms with Crippen molar-refractivity contribution in [3.8, 4) is 11.4 Å². The Bertz CT molecular complexity index is 821. The number of ether oxygens (including phenoxy) is 1. The van der Waals surface area contributed by atoms with Crippen molar-refractivity contribution in [1.82, 2.24) is 15.0 Å². The van der Waals surface area contributed by atoms with E-state index in [4.69, 9.17) is 16.2 Å². The number of anilines is 2. The molecule has 10 nitrogen and oxygen atoms in total. The molecule has 1 fully saturated rings. The first-order valence-corrected chi connectivity index (χ1v) is 8.04. The van der Waals surface area contributed by atoms with Crippen molar-refractivity contribution >= 4 is 23.7 Å². The number of hydrogen-bond donors (Lipinski definition) is 3. The van der Waals surface area contributed by atoms with Gasteiger partial charge < -0.3 is 26.4 Å². The molecule has 1 aliphatic rings. The van der Waals surface area contributed by atoms with Crippen LogP contribution in [0, 0.1) is 0 Å². The number of benzene rings is 1. The van der Waals surface area contributed by atoms with E-state index in [0.717, 1.165) is 0 Å². The quantitative estimate of drug-likeness (QED) is 0.618. The fourth-order valence-electron chi connectivity index (χ4n) is 2.46. The summed E-state index contributed by atoms with van der Waals surface area (Å²) in [5.74, 6) is -0.0388. The molecule has 26 heavy (non-hydrogen) atoms. The van der Waals surface area contributed by atoms with Crippen molar-refractivity contribution in [2.24, 2.45) is 11.5 Å². The Hall–Kier alpha value is -3.27. The average molecular weight is 357 g/mol. The highest BCUT2D eigenvalue weighted by Crippen LogP contribution is 2.21. The molecule has 0 unspecified atom stereocenters. The molecule has 0 aliphatic carbocycles. The molecule has 0 radical (unpaired) electrons. The van der Waals surface area contributed by atoms with Gasteiger partial charge in [0, 0.05) is 24.2 Å². The number of hydrogen-bond acceptors (Lipinski definition) is 8. The number of carbonyl (C=O) groups is 2. The topological polar surface area (TPSA) is 149 Å². The van der Waals surface area contributed by atoms with Crippen molar-refractivity contribution in [2.75, 3.05) is 43.1 Å². The smallest absolute Gasteiger partial charge is 0.248 e. The summed E-state index contributed by atoms with van der Waals surface area (Å²) >= 11 is 0.